The summed E-state index contributed by atoms with van der Waals surface area (Å²) in [4.78, 5) is 0. The van der Waals surface area contributed by atoms with Gasteiger partial charge in [-0.25, -0.2) is 0 Å². The molecular weight excluding hydrogens is 268 g/mol. The van der Waals surface area contributed by atoms with Crippen LogP contribution in [0.5, 0.6) is 11.5 Å². The molecule has 0 spiro atoms. The van der Waals surface area contributed by atoms with Crippen LogP contribution in [0.25, 0.3) is 11.1 Å². The highest BCUT2D eigenvalue weighted by atomic mass is 79.9. The number of hydrogen-bond acceptors (Lipinski definition) is 2. The molecule has 0 aliphatic heterocycles. The van der Waals surface area contributed by atoms with Gasteiger partial charge in [0.15, 0.2) is 11.5 Å². The number of phenolic OH excluding ortho intramolecular Hbond substituents is 1. The lowest BCUT2D eigenvalue weighted by Crippen LogP contribution is -1.86. The lowest BCUT2D eigenvalue weighted by molar-refractivity contribution is 0.374. The molecule has 1 N–H and O–H groups in total. The number of hydrogen-bond donors (Lipinski definition) is 1. The zero-order valence-electron chi connectivity index (χ0n) is 8.77. The minimum Gasteiger partial charge on any atom is -0.504 e. The van der Waals surface area contributed by atoms with Crippen LogP contribution in [0.15, 0.2) is 46.9 Å². The van der Waals surface area contributed by atoms with E-state index < -0.39 is 0 Å². The number of phenols is 1. The van der Waals surface area contributed by atoms with Gasteiger partial charge in [-0.1, -0.05) is 40.2 Å². The monoisotopic (exact) mass is 278 g/mol. The molecule has 0 aliphatic rings. The molecule has 3 heteroatoms. The second kappa shape index (κ2) is 4.58. The van der Waals surface area contributed by atoms with Crippen LogP contribution in [0.2, 0.25) is 0 Å². The molecule has 0 amide bonds. The fraction of sp³-hybridized carbons (Fsp3) is 0.0769. The van der Waals surface area contributed by atoms with E-state index in [1.54, 1.807) is 13.2 Å². The molecule has 2 rings (SSSR count). The van der Waals surface area contributed by atoms with Crippen molar-refractivity contribution in [3.8, 4) is 22.6 Å². The second-order valence-electron chi connectivity index (χ2n) is 3.36. The third-order valence-electron chi connectivity index (χ3n) is 2.37. The van der Waals surface area contributed by atoms with Crippen molar-refractivity contribution in [3.63, 3.8) is 0 Å². The van der Waals surface area contributed by atoms with Gasteiger partial charge in [0.05, 0.1) is 7.11 Å². The molecular formula is C13H11BrO2. The SMILES string of the molecule is COc1cccc(-c2ccc(Br)cc2)c1O. The Morgan fingerprint density at radius 2 is 1.75 bits per heavy atom. The van der Waals surface area contributed by atoms with Gasteiger partial charge in [-0.05, 0) is 23.8 Å². The summed E-state index contributed by atoms with van der Waals surface area (Å²) >= 11 is 3.38. The van der Waals surface area contributed by atoms with Crippen LogP contribution >= 0.6 is 15.9 Å². The number of para-hydroxylation sites is 1. The fourth-order valence-electron chi connectivity index (χ4n) is 1.55. The van der Waals surface area contributed by atoms with Gasteiger partial charge in [-0.2, -0.15) is 0 Å². The first-order chi connectivity index (χ1) is 7.72. The fourth-order valence-corrected chi connectivity index (χ4v) is 1.81. The molecule has 0 saturated carbocycles. The Hall–Kier alpha value is -1.48. The first kappa shape index (κ1) is 11.0. The molecule has 0 atom stereocenters. The van der Waals surface area contributed by atoms with E-state index in [0.717, 1.165) is 15.6 Å². The molecule has 2 aromatic carbocycles. The maximum atomic E-state index is 9.97. The van der Waals surface area contributed by atoms with Crippen LogP contribution in [0.1, 0.15) is 0 Å². The van der Waals surface area contributed by atoms with E-state index >= 15 is 0 Å². The Morgan fingerprint density at radius 1 is 1.06 bits per heavy atom. The first-order valence-electron chi connectivity index (χ1n) is 4.84. The van der Waals surface area contributed by atoms with E-state index in [1.165, 1.54) is 0 Å². The normalized spacial score (nSPS) is 10.1. The maximum absolute atomic E-state index is 9.97. The summed E-state index contributed by atoms with van der Waals surface area (Å²) in [5.74, 6) is 0.660. The lowest BCUT2D eigenvalue weighted by atomic mass is 10.0. The number of aromatic hydroxyl groups is 1. The Balaban J connectivity index is 2.51. The van der Waals surface area contributed by atoms with Crippen molar-refractivity contribution in [2.24, 2.45) is 0 Å². The maximum Gasteiger partial charge on any atom is 0.165 e. The van der Waals surface area contributed by atoms with Crippen molar-refractivity contribution >= 4 is 15.9 Å². The van der Waals surface area contributed by atoms with Crippen LogP contribution in [-0.4, -0.2) is 12.2 Å². The number of rotatable bonds is 2. The quantitative estimate of drug-likeness (QED) is 0.905. The van der Waals surface area contributed by atoms with Crippen molar-refractivity contribution in [1.82, 2.24) is 0 Å². The van der Waals surface area contributed by atoms with Gasteiger partial charge in [-0.15, -0.1) is 0 Å². The Morgan fingerprint density at radius 3 is 2.38 bits per heavy atom. The van der Waals surface area contributed by atoms with Crippen molar-refractivity contribution in [2.75, 3.05) is 7.11 Å². The topological polar surface area (TPSA) is 29.5 Å². The van der Waals surface area contributed by atoms with Crippen molar-refractivity contribution in [1.29, 1.82) is 0 Å². The predicted molar refractivity (Wildman–Crippen MR) is 67.8 cm³/mol. The van der Waals surface area contributed by atoms with E-state index in [0.29, 0.717) is 5.75 Å². The molecule has 0 unspecified atom stereocenters. The van der Waals surface area contributed by atoms with Gasteiger partial charge < -0.3 is 9.84 Å². The smallest absolute Gasteiger partial charge is 0.165 e. The number of methoxy groups -OCH3 is 1. The number of ether oxygens (including phenoxy) is 1. The van der Waals surface area contributed by atoms with Crippen molar-refractivity contribution in [2.45, 2.75) is 0 Å². The molecule has 0 radical (unpaired) electrons. The average molecular weight is 279 g/mol. The number of benzene rings is 2. The summed E-state index contributed by atoms with van der Waals surface area (Å²) in [7, 11) is 1.54. The summed E-state index contributed by atoms with van der Waals surface area (Å²) < 4.78 is 6.08. The van der Waals surface area contributed by atoms with E-state index in [2.05, 4.69) is 15.9 Å². The average Bonchev–Trinajstić information content (AvgIpc) is 2.31. The zero-order chi connectivity index (χ0) is 11.5. The highest BCUT2D eigenvalue weighted by Gasteiger charge is 2.08. The third kappa shape index (κ3) is 2.04. The van der Waals surface area contributed by atoms with Gasteiger partial charge in [-0.3, -0.25) is 0 Å². The summed E-state index contributed by atoms with van der Waals surface area (Å²) in [6.07, 6.45) is 0. The summed E-state index contributed by atoms with van der Waals surface area (Å²) in [6.45, 7) is 0. The molecule has 0 aromatic heterocycles. The van der Waals surface area contributed by atoms with E-state index in [4.69, 9.17) is 4.74 Å². The number of halogens is 1. The molecule has 82 valence electrons. The minimum atomic E-state index is 0.173. The molecule has 16 heavy (non-hydrogen) atoms. The minimum absolute atomic E-state index is 0.173. The molecule has 0 heterocycles. The van der Waals surface area contributed by atoms with Gasteiger partial charge in [0.25, 0.3) is 0 Å². The predicted octanol–water partition coefficient (Wildman–Crippen LogP) is 3.83. The molecule has 0 saturated heterocycles. The van der Waals surface area contributed by atoms with E-state index in [-0.39, 0.29) is 5.75 Å². The molecule has 2 nitrogen and oxygen atoms in total. The van der Waals surface area contributed by atoms with Crippen LogP contribution in [0.4, 0.5) is 0 Å². The second-order valence-corrected chi connectivity index (χ2v) is 4.28. The van der Waals surface area contributed by atoms with Crippen LogP contribution in [0, 0.1) is 0 Å². The molecule has 0 fully saturated rings. The molecule has 0 aliphatic carbocycles. The third-order valence-corrected chi connectivity index (χ3v) is 2.90. The Labute approximate surface area is 103 Å². The van der Waals surface area contributed by atoms with Gasteiger partial charge in [0.1, 0.15) is 0 Å². The van der Waals surface area contributed by atoms with Gasteiger partial charge >= 0.3 is 0 Å². The van der Waals surface area contributed by atoms with E-state index in [9.17, 15) is 5.11 Å². The van der Waals surface area contributed by atoms with Gasteiger partial charge in [0, 0.05) is 10.0 Å². The Kier molecular flexibility index (Phi) is 3.15. The summed E-state index contributed by atoms with van der Waals surface area (Å²) in [5.41, 5.74) is 1.73. The van der Waals surface area contributed by atoms with Crippen LogP contribution in [0.3, 0.4) is 0 Å². The summed E-state index contributed by atoms with van der Waals surface area (Å²) in [6, 6.07) is 13.2. The van der Waals surface area contributed by atoms with Crippen LogP contribution in [-0.2, 0) is 0 Å². The van der Waals surface area contributed by atoms with E-state index in [1.807, 2.05) is 36.4 Å². The Bertz CT molecular complexity index is 492. The highest BCUT2D eigenvalue weighted by molar-refractivity contribution is 9.10. The first-order valence-corrected chi connectivity index (χ1v) is 5.63. The molecule has 2 aromatic rings. The summed E-state index contributed by atoms with van der Waals surface area (Å²) in [5, 5.41) is 9.97. The molecule has 0 bridgehead atoms. The largest absolute Gasteiger partial charge is 0.504 e. The zero-order valence-corrected chi connectivity index (χ0v) is 10.4. The standard InChI is InChI=1S/C13H11BrO2/c1-16-12-4-2-3-11(13(12)15)9-5-7-10(14)8-6-9/h2-8,15H,1H3. The van der Waals surface area contributed by atoms with Gasteiger partial charge in [0.2, 0.25) is 0 Å². The van der Waals surface area contributed by atoms with Crippen molar-refractivity contribution < 1.29 is 9.84 Å². The highest BCUT2D eigenvalue weighted by Crippen LogP contribution is 2.36. The lowest BCUT2D eigenvalue weighted by Gasteiger charge is -2.08. The van der Waals surface area contributed by atoms with Crippen molar-refractivity contribution in [3.05, 3.63) is 46.9 Å². The van der Waals surface area contributed by atoms with Crippen LogP contribution < -0.4 is 4.74 Å².